The Morgan fingerprint density at radius 2 is 1.53 bits per heavy atom. The van der Waals surface area contributed by atoms with Gasteiger partial charge in [-0.25, -0.2) is 0 Å². The van der Waals surface area contributed by atoms with E-state index in [0.717, 1.165) is 36.0 Å². The van der Waals surface area contributed by atoms with Crippen LogP contribution in [0.3, 0.4) is 0 Å². The Morgan fingerprint density at radius 3 is 2.00 bits per heavy atom. The number of rotatable bonds is 3. The minimum Gasteiger partial charge on any atom is -0.392 e. The second kappa shape index (κ2) is 3.74. The predicted octanol–water partition coefficient (Wildman–Crippen LogP) is 1.77. The molecule has 4 bridgehead atoms. The first-order valence-corrected chi connectivity index (χ1v) is 6.64. The van der Waals surface area contributed by atoms with Crippen LogP contribution < -0.4 is 5.73 Å². The van der Waals surface area contributed by atoms with Crippen molar-refractivity contribution in [3.63, 3.8) is 0 Å². The summed E-state index contributed by atoms with van der Waals surface area (Å²) in [6.07, 6.45) is 8.06. The van der Waals surface area contributed by atoms with Crippen LogP contribution in [0.5, 0.6) is 0 Å². The van der Waals surface area contributed by atoms with Crippen LogP contribution in [0.4, 0.5) is 0 Å². The van der Waals surface area contributed by atoms with Gasteiger partial charge >= 0.3 is 0 Å². The van der Waals surface area contributed by atoms with Gasteiger partial charge < -0.3 is 10.8 Å². The van der Waals surface area contributed by atoms with Gasteiger partial charge in [-0.05, 0) is 68.1 Å². The van der Waals surface area contributed by atoms with Gasteiger partial charge in [0.15, 0.2) is 0 Å². The van der Waals surface area contributed by atoms with Crippen molar-refractivity contribution >= 4 is 0 Å². The maximum atomic E-state index is 9.72. The molecule has 3 N–H and O–H groups in total. The molecule has 1 atom stereocenters. The Kier molecular flexibility index (Phi) is 2.52. The molecule has 86 valence electrons. The minimum absolute atomic E-state index is 0.243. The van der Waals surface area contributed by atoms with Gasteiger partial charge in [-0.15, -0.1) is 0 Å². The van der Waals surface area contributed by atoms with E-state index in [9.17, 15) is 5.11 Å². The Bertz CT molecular complexity index is 213. The molecule has 0 amide bonds. The fourth-order valence-corrected chi connectivity index (χ4v) is 4.83. The quantitative estimate of drug-likeness (QED) is 0.744. The molecule has 0 aromatic carbocycles. The fourth-order valence-electron chi connectivity index (χ4n) is 4.83. The third-order valence-electron chi connectivity index (χ3n) is 5.24. The minimum atomic E-state index is -0.243. The van der Waals surface area contributed by atoms with Crippen molar-refractivity contribution in [2.24, 2.45) is 35.3 Å². The molecular formula is C13H23NO. The molecule has 0 radical (unpaired) electrons. The smallest absolute Gasteiger partial charge is 0.0665 e. The summed E-state index contributed by atoms with van der Waals surface area (Å²) in [4.78, 5) is 0. The van der Waals surface area contributed by atoms with Crippen LogP contribution in [0.25, 0.3) is 0 Å². The summed E-state index contributed by atoms with van der Waals surface area (Å²) < 4.78 is 0. The van der Waals surface area contributed by atoms with Gasteiger partial charge in [0, 0.05) is 6.54 Å². The van der Waals surface area contributed by atoms with Crippen LogP contribution in [0.1, 0.15) is 38.5 Å². The maximum absolute atomic E-state index is 9.72. The average Bonchev–Trinajstić information content (AvgIpc) is 2.22. The van der Waals surface area contributed by atoms with Gasteiger partial charge in [0.05, 0.1) is 6.10 Å². The fraction of sp³-hybridized carbons (Fsp3) is 1.00. The third-order valence-corrected chi connectivity index (χ3v) is 5.24. The van der Waals surface area contributed by atoms with Gasteiger partial charge in [0.2, 0.25) is 0 Å². The molecule has 0 saturated heterocycles. The van der Waals surface area contributed by atoms with E-state index in [1.54, 1.807) is 0 Å². The molecule has 0 aromatic rings. The topological polar surface area (TPSA) is 46.2 Å². The van der Waals surface area contributed by atoms with E-state index < -0.39 is 0 Å². The first-order chi connectivity index (χ1) is 7.26. The highest BCUT2D eigenvalue weighted by molar-refractivity contribution is 4.98. The van der Waals surface area contributed by atoms with Crippen LogP contribution in [-0.4, -0.2) is 17.8 Å². The summed E-state index contributed by atoms with van der Waals surface area (Å²) in [6, 6.07) is 0. The van der Waals surface area contributed by atoms with Gasteiger partial charge in [-0.2, -0.15) is 0 Å². The number of hydrogen-bond acceptors (Lipinski definition) is 2. The number of aliphatic hydroxyl groups excluding tert-OH is 1. The zero-order valence-electron chi connectivity index (χ0n) is 9.44. The Hall–Kier alpha value is -0.0800. The molecule has 4 aliphatic carbocycles. The van der Waals surface area contributed by atoms with E-state index in [4.69, 9.17) is 5.73 Å². The van der Waals surface area contributed by atoms with Crippen molar-refractivity contribution in [1.82, 2.24) is 0 Å². The lowest BCUT2D eigenvalue weighted by atomic mass is 9.51. The largest absolute Gasteiger partial charge is 0.392 e. The molecule has 4 saturated carbocycles. The molecule has 0 spiro atoms. The highest BCUT2D eigenvalue weighted by Crippen LogP contribution is 2.57. The molecule has 4 fully saturated rings. The summed E-state index contributed by atoms with van der Waals surface area (Å²) in [5.41, 5.74) is 5.53. The molecule has 0 heterocycles. The maximum Gasteiger partial charge on any atom is 0.0665 e. The molecule has 0 aliphatic heterocycles. The Labute approximate surface area is 92.2 Å². The number of aliphatic hydroxyl groups is 1. The molecule has 2 heteroatoms. The predicted molar refractivity (Wildman–Crippen MR) is 60.2 cm³/mol. The van der Waals surface area contributed by atoms with Gasteiger partial charge in [-0.1, -0.05) is 0 Å². The third kappa shape index (κ3) is 1.72. The highest BCUT2D eigenvalue weighted by Gasteiger charge is 2.48. The van der Waals surface area contributed by atoms with Crippen LogP contribution in [0, 0.1) is 29.6 Å². The molecule has 2 nitrogen and oxygen atoms in total. The van der Waals surface area contributed by atoms with E-state index in [1.165, 1.54) is 32.1 Å². The molecule has 1 unspecified atom stereocenters. The zero-order valence-corrected chi connectivity index (χ0v) is 9.44. The van der Waals surface area contributed by atoms with Gasteiger partial charge in [-0.3, -0.25) is 0 Å². The van der Waals surface area contributed by atoms with Gasteiger partial charge in [0.1, 0.15) is 0 Å². The van der Waals surface area contributed by atoms with E-state index in [-0.39, 0.29) is 6.10 Å². The lowest BCUT2D eigenvalue weighted by molar-refractivity contribution is -0.0535. The van der Waals surface area contributed by atoms with E-state index in [0.29, 0.717) is 6.54 Å². The first-order valence-electron chi connectivity index (χ1n) is 6.64. The van der Waals surface area contributed by atoms with E-state index in [1.807, 2.05) is 0 Å². The highest BCUT2D eigenvalue weighted by atomic mass is 16.3. The molecular weight excluding hydrogens is 186 g/mol. The Morgan fingerprint density at radius 1 is 1.00 bits per heavy atom. The summed E-state index contributed by atoms with van der Waals surface area (Å²) in [7, 11) is 0. The standard InChI is InChI=1S/C13H23NO/c14-7-12(15)6-13-10-2-8-1-9(4-10)5-11(13)3-8/h8-13,15H,1-7,14H2. The lowest BCUT2D eigenvalue weighted by Gasteiger charge is -2.55. The average molecular weight is 209 g/mol. The number of nitrogens with two attached hydrogens (primary N) is 1. The zero-order chi connectivity index (χ0) is 10.4. The summed E-state index contributed by atoms with van der Waals surface area (Å²) in [5.74, 6) is 4.75. The first kappa shape index (κ1) is 10.1. The molecule has 4 rings (SSSR count). The van der Waals surface area contributed by atoms with E-state index in [2.05, 4.69) is 0 Å². The van der Waals surface area contributed by atoms with Crippen LogP contribution in [0.2, 0.25) is 0 Å². The van der Waals surface area contributed by atoms with Crippen molar-refractivity contribution in [1.29, 1.82) is 0 Å². The normalized spacial score (nSPS) is 49.6. The van der Waals surface area contributed by atoms with Crippen molar-refractivity contribution in [2.75, 3.05) is 6.54 Å². The summed E-state index contributed by atoms with van der Waals surface area (Å²) in [5, 5.41) is 9.72. The SMILES string of the molecule is NCC(O)CC1C2CC3CC(C2)CC1C3. The molecule has 15 heavy (non-hydrogen) atoms. The number of hydrogen-bond donors (Lipinski definition) is 2. The van der Waals surface area contributed by atoms with Crippen LogP contribution in [-0.2, 0) is 0 Å². The van der Waals surface area contributed by atoms with Crippen molar-refractivity contribution in [3.8, 4) is 0 Å². The molecule has 0 aromatic heterocycles. The van der Waals surface area contributed by atoms with Gasteiger partial charge in [0.25, 0.3) is 0 Å². The second-order valence-electron chi connectivity index (χ2n) is 6.22. The van der Waals surface area contributed by atoms with Crippen molar-refractivity contribution < 1.29 is 5.11 Å². The van der Waals surface area contributed by atoms with E-state index >= 15 is 0 Å². The summed E-state index contributed by atoms with van der Waals surface area (Å²) in [6.45, 7) is 0.447. The second-order valence-corrected chi connectivity index (χ2v) is 6.22. The monoisotopic (exact) mass is 209 g/mol. The van der Waals surface area contributed by atoms with Crippen LogP contribution >= 0.6 is 0 Å². The summed E-state index contributed by atoms with van der Waals surface area (Å²) >= 11 is 0. The molecule has 4 aliphatic rings. The lowest BCUT2D eigenvalue weighted by Crippen LogP contribution is -2.46. The van der Waals surface area contributed by atoms with Crippen molar-refractivity contribution in [2.45, 2.75) is 44.6 Å². The van der Waals surface area contributed by atoms with Crippen LogP contribution in [0.15, 0.2) is 0 Å². The van der Waals surface area contributed by atoms with Crippen molar-refractivity contribution in [3.05, 3.63) is 0 Å². The Balaban J connectivity index is 1.69.